The maximum Gasteiger partial charge on any atom is 0.411 e. The first-order valence-electron chi connectivity index (χ1n) is 11.6. The first-order chi connectivity index (χ1) is 16.9. The van der Waals surface area contributed by atoms with Crippen molar-refractivity contribution in [3.8, 4) is 11.1 Å². The molecule has 0 spiro atoms. The molecule has 0 saturated heterocycles. The molecule has 0 radical (unpaired) electrons. The zero-order chi connectivity index (χ0) is 24.5. The number of carbonyl (C=O) groups is 3. The fraction of sp³-hybridized carbons (Fsp3) is 0.308. The molecule has 1 heterocycles. The number of carboxylic acids is 1. The van der Waals surface area contributed by atoms with Gasteiger partial charge in [-0.1, -0.05) is 55.0 Å². The molecule has 3 N–H and O–H groups in total. The van der Waals surface area contributed by atoms with Crippen LogP contribution in [-0.2, 0) is 16.6 Å². The molecule has 1 saturated carbocycles. The van der Waals surface area contributed by atoms with Gasteiger partial charge in [0.15, 0.2) is 0 Å². The normalized spacial score (nSPS) is 18.5. The number of nitrogens with zero attached hydrogens (tertiary/aromatic N) is 2. The lowest BCUT2D eigenvalue weighted by Gasteiger charge is -2.18. The molecule has 180 valence electrons. The van der Waals surface area contributed by atoms with Gasteiger partial charge in [0.05, 0.1) is 17.8 Å². The number of hydrogen-bond acceptors (Lipinski definition) is 5. The smallest absolute Gasteiger partial charge is 0.411 e. The van der Waals surface area contributed by atoms with E-state index in [9.17, 15) is 19.5 Å². The molecule has 9 heteroatoms. The monoisotopic (exact) mass is 474 g/mol. The number of ether oxygens (including phenoxy) is 1. The predicted octanol–water partition coefficient (Wildman–Crippen LogP) is 3.76. The van der Waals surface area contributed by atoms with Gasteiger partial charge in [-0.05, 0) is 35.1 Å². The number of aromatic nitrogens is 2. The molecule has 3 aromatic rings. The third kappa shape index (κ3) is 4.25. The quantitative estimate of drug-likeness (QED) is 0.500. The molecular weight excluding hydrogens is 448 g/mol. The van der Waals surface area contributed by atoms with Gasteiger partial charge in [0.2, 0.25) is 0 Å². The summed E-state index contributed by atoms with van der Waals surface area (Å²) in [6, 6.07) is 15.7. The lowest BCUT2D eigenvalue weighted by atomic mass is 9.98. The molecule has 2 aliphatic rings. The topological polar surface area (TPSA) is 123 Å². The van der Waals surface area contributed by atoms with Crippen molar-refractivity contribution in [1.82, 2.24) is 15.1 Å². The fourth-order valence-electron chi connectivity index (χ4n) is 5.21. The van der Waals surface area contributed by atoms with Crippen molar-refractivity contribution in [3.05, 3.63) is 71.5 Å². The van der Waals surface area contributed by atoms with Crippen LogP contribution >= 0.6 is 0 Å². The summed E-state index contributed by atoms with van der Waals surface area (Å²) in [5.74, 6) is -2.11. The van der Waals surface area contributed by atoms with Gasteiger partial charge in [-0.25, -0.2) is 4.79 Å². The summed E-state index contributed by atoms with van der Waals surface area (Å²) in [5, 5.41) is 18.9. The van der Waals surface area contributed by atoms with Gasteiger partial charge in [-0.3, -0.25) is 19.6 Å². The molecule has 2 aliphatic carbocycles. The number of aryl methyl sites for hydroxylation is 1. The number of carboxylic acid groups (broad SMARTS) is 1. The third-order valence-electron chi connectivity index (χ3n) is 6.88. The van der Waals surface area contributed by atoms with Gasteiger partial charge < -0.3 is 15.2 Å². The van der Waals surface area contributed by atoms with Gasteiger partial charge in [0.1, 0.15) is 12.3 Å². The summed E-state index contributed by atoms with van der Waals surface area (Å²) >= 11 is 0. The highest BCUT2D eigenvalue weighted by molar-refractivity contribution is 6.01. The van der Waals surface area contributed by atoms with Crippen LogP contribution in [0.4, 0.5) is 10.5 Å². The van der Waals surface area contributed by atoms with Gasteiger partial charge in [-0.2, -0.15) is 5.10 Å². The van der Waals surface area contributed by atoms with E-state index in [-0.39, 0.29) is 23.9 Å². The van der Waals surface area contributed by atoms with Crippen LogP contribution in [0.1, 0.15) is 46.8 Å². The second-order valence-electron chi connectivity index (χ2n) is 8.94. The minimum Gasteiger partial charge on any atom is -0.481 e. The molecule has 2 unspecified atom stereocenters. The van der Waals surface area contributed by atoms with Crippen molar-refractivity contribution in [1.29, 1.82) is 0 Å². The molecule has 0 aliphatic heterocycles. The summed E-state index contributed by atoms with van der Waals surface area (Å²) in [7, 11) is 1.58. The van der Waals surface area contributed by atoms with E-state index in [4.69, 9.17) is 4.74 Å². The Kier molecular flexibility index (Phi) is 5.98. The standard InChI is InChI=1S/C26H26N4O5/c1-30-23(24(31)28-21-12-6-11-19(21)25(32)33)22(13-27-30)29-26(34)35-14-20-17-9-4-2-7-15(17)16-8-3-5-10-18(16)20/h2-5,7-10,13,19-21H,6,11-12,14H2,1H3,(H,28,31)(H,29,34)(H,32,33). The van der Waals surface area contributed by atoms with Gasteiger partial charge in [0.25, 0.3) is 5.91 Å². The minimum absolute atomic E-state index is 0.0832. The number of fused-ring (bicyclic) bond motifs is 3. The highest BCUT2D eigenvalue weighted by Crippen LogP contribution is 2.44. The first-order valence-corrected chi connectivity index (χ1v) is 11.6. The number of benzene rings is 2. The molecule has 1 fully saturated rings. The van der Waals surface area contributed by atoms with Crippen LogP contribution in [0.3, 0.4) is 0 Å². The highest BCUT2D eigenvalue weighted by Gasteiger charge is 2.35. The van der Waals surface area contributed by atoms with Crippen LogP contribution in [0.15, 0.2) is 54.7 Å². The first kappa shape index (κ1) is 22.6. The van der Waals surface area contributed by atoms with Crippen LogP contribution in [0.5, 0.6) is 0 Å². The molecule has 35 heavy (non-hydrogen) atoms. The Hall–Kier alpha value is -4.14. The van der Waals surface area contributed by atoms with Crippen molar-refractivity contribution in [2.75, 3.05) is 11.9 Å². The Morgan fingerprint density at radius 1 is 1.06 bits per heavy atom. The second-order valence-corrected chi connectivity index (χ2v) is 8.94. The predicted molar refractivity (Wildman–Crippen MR) is 128 cm³/mol. The Morgan fingerprint density at radius 3 is 2.37 bits per heavy atom. The fourth-order valence-corrected chi connectivity index (χ4v) is 5.21. The van der Waals surface area contributed by atoms with Crippen LogP contribution in [0, 0.1) is 5.92 Å². The number of hydrogen-bond donors (Lipinski definition) is 3. The second kappa shape index (κ2) is 9.25. The Bertz CT molecular complexity index is 1250. The van der Waals surface area contributed by atoms with Gasteiger partial charge in [0, 0.05) is 19.0 Å². The average molecular weight is 475 g/mol. The largest absolute Gasteiger partial charge is 0.481 e. The van der Waals surface area contributed by atoms with Crippen molar-refractivity contribution >= 4 is 23.7 Å². The number of aliphatic carboxylic acids is 1. The highest BCUT2D eigenvalue weighted by atomic mass is 16.5. The summed E-state index contributed by atoms with van der Waals surface area (Å²) in [6.45, 7) is 0.143. The van der Waals surface area contributed by atoms with Gasteiger partial charge in [-0.15, -0.1) is 0 Å². The average Bonchev–Trinajstić information content (AvgIpc) is 3.54. The molecule has 5 rings (SSSR count). The van der Waals surface area contributed by atoms with E-state index < -0.39 is 29.9 Å². The number of rotatable bonds is 6. The third-order valence-corrected chi connectivity index (χ3v) is 6.88. The van der Waals surface area contributed by atoms with E-state index in [1.165, 1.54) is 10.9 Å². The molecule has 1 aromatic heterocycles. The van der Waals surface area contributed by atoms with Crippen LogP contribution in [0.25, 0.3) is 11.1 Å². The summed E-state index contributed by atoms with van der Waals surface area (Å²) in [6.07, 6.45) is 2.53. The van der Waals surface area contributed by atoms with E-state index in [1.54, 1.807) is 7.05 Å². The Morgan fingerprint density at radius 2 is 1.71 bits per heavy atom. The lowest BCUT2D eigenvalue weighted by molar-refractivity contribution is -0.142. The molecule has 2 atom stereocenters. The van der Waals surface area contributed by atoms with E-state index in [2.05, 4.69) is 27.9 Å². The minimum atomic E-state index is -0.921. The van der Waals surface area contributed by atoms with E-state index >= 15 is 0 Å². The number of amides is 2. The number of nitrogens with one attached hydrogen (secondary N) is 2. The zero-order valence-corrected chi connectivity index (χ0v) is 19.2. The Balaban J connectivity index is 1.26. The molecule has 2 aromatic carbocycles. The summed E-state index contributed by atoms with van der Waals surface area (Å²) in [5.41, 5.74) is 4.81. The van der Waals surface area contributed by atoms with Crippen LogP contribution in [0.2, 0.25) is 0 Å². The SMILES string of the molecule is Cn1ncc(NC(=O)OCC2c3ccccc3-c3ccccc32)c1C(=O)NC1CCCC1C(=O)O. The zero-order valence-electron chi connectivity index (χ0n) is 19.2. The van der Waals surface area contributed by atoms with Crippen LogP contribution < -0.4 is 10.6 Å². The van der Waals surface area contributed by atoms with Crippen LogP contribution in [-0.4, -0.2) is 45.5 Å². The molecule has 2 amide bonds. The molecule has 0 bridgehead atoms. The number of carbonyl (C=O) groups excluding carboxylic acids is 2. The van der Waals surface area contributed by atoms with Gasteiger partial charge >= 0.3 is 12.1 Å². The lowest BCUT2D eigenvalue weighted by Crippen LogP contribution is -2.41. The Labute approximate surface area is 202 Å². The molecule has 9 nitrogen and oxygen atoms in total. The van der Waals surface area contributed by atoms with E-state index in [0.717, 1.165) is 28.7 Å². The van der Waals surface area contributed by atoms with Crippen molar-refractivity contribution in [2.45, 2.75) is 31.2 Å². The number of anilines is 1. The summed E-state index contributed by atoms with van der Waals surface area (Å²) < 4.78 is 6.92. The molecular formula is C26H26N4O5. The van der Waals surface area contributed by atoms with Crippen molar-refractivity contribution in [3.63, 3.8) is 0 Å². The maximum atomic E-state index is 12.9. The van der Waals surface area contributed by atoms with E-state index in [1.807, 2.05) is 36.4 Å². The van der Waals surface area contributed by atoms with E-state index in [0.29, 0.717) is 12.8 Å². The summed E-state index contributed by atoms with van der Waals surface area (Å²) in [4.78, 5) is 37.1. The van der Waals surface area contributed by atoms with Crippen molar-refractivity contribution in [2.24, 2.45) is 13.0 Å². The van der Waals surface area contributed by atoms with Crippen molar-refractivity contribution < 1.29 is 24.2 Å². The maximum absolute atomic E-state index is 12.9.